The predicted octanol–water partition coefficient (Wildman–Crippen LogP) is 17.8. The zero-order chi connectivity index (χ0) is 74.2. The molecule has 20 rings (SSSR count). The van der Waals surface area contributed by atoms with Gasteiger partial charge in [0.1, 0.15) is 0 Å². The minimum absolute atomic E-state index is 0. The normalized spacial score (nSPS) is 16.4. The van der Waals surface area contributed by atoms with Crippen molar-refractivity contribution in [3.05, 3.63) is 363 Å². The molecule has 0 saturated heterocycles. The molecular weight excluding hydrogens is 2270 g/mol. The van der Waals surface area contributed by atoms with Crippen LogP contribution in [0.5, 0.6) is 0 Å². The molecule has 13 aromatic rings. The Kier molecular flexibility index (Phi) is 24.7. The fraction of sp³-hybridized carbons (Fsp3) is 0.0870. The van der Waals surface area contributed by atoms with Gasteiger partial charge in [-0.25, -0.2) is 12.6 Å². The van der Waals surface area contributed by atoms with E-state index < -0.39 is 34.5 Å². The molecule has 0 bridgehead atoms. The Hall–Kier alpha value is -8.46. The Bertz CT molecular complexity index is 5910. The summed E-state index contributed by atoms with van der Waals surface area (Å²) in [6, 6.07) is 102. The van der Waals surface area contributed by atoms with Gasteiger partial charge in [-0.15, -0.1) is 11.4 Å². The number of fused-ring (bicyclic) bond motifs is 12. The van der Waals surface area contributed by atoms with E-state index in [1.807, 2.05) is 159 Å². The molecule has 12 aromatic carbocycles. The second-order valence-electron chi connectivity index (χ2n) is 27.1. The number of nitrogens with zero attached hydrogens (tertiary/aromatic N) is 8. The largest absolute Gasteiger partial charge is 0 e. The second kappa shape index (κ2) is 33.9. The Balaban J connectivity index is 0.000000129. The summed E-state index contributed by atoms with van der Waals surface area (Å²) in [6.07, 6.45) is 0. The monoisotopic (exact) mass is 2350 g/mol. The number of rotatable bonds is 8. The molecule has 112 heavy (non-hydrogen) atoms. The van der Waals surface area contributed by atoms with Crippen LogP contribution in [0, 0.1) is 50.9 Å². The Morgan fingerprint density at radius 2 is 0.714 bits per heavy atom. The van der Waals surface area contributed by atoms with Crippen LogP contribution in [0.2, 0.25) is 0 Å². The van der Waals surface area contributed by atoms with Crippen LogP contribution in [0.1, 0.15) is 49.9 Å². The fourth-order valence-electron chi connectivity index (χ4n) is 15.6. The Morgan fingerprint density at radius 3 is 1.22 bits per heavy atom. The molecule has 572 valence electrons. The molecule has 12 nitrogen and oxygen atoms in total. The van der Waals surface area contributed by atoms with Crippen molar-refractivity contribution in [1.29, 1.82) is 0 Å². The van der Waals surface area contributed by atoms with E-state index in [4.69, 9.17) is 0 Å². The van der Waals surface area contributed by atoms with Crippen LogP contribution in [0.25, 0.3) is 75.5 Å². The predicted molar refractivity (Wildman–Crippen MR) is 440 cm³/mol. The standard InChI is InChI=1S/C23H18N2O2S.C23H18N2OS.C23H18N2OSe.C23H18N2Se.4Ir/c1-16-23(24(2)15-25(16)18-8-4-3-5-9-18)17-12-13-22-20(14-17)19-10-6-7-11-21(19)28(22,26)27;2*1-16-23(24(2)15-25(16)18-8-4-3-5-9-18)17-12-13-22-20(14-17)19-10-6-7-11-21(19)27(22)26;1-16-23(24(2)15-25(16)18-8-4-3-5-9-18)17-12-13-22-20(14-17)19-10-6-7-11-21(19)26-22;;;;/h3-8,10-15H,1-2H3;2*3-8,10-15H,1-2H3;3-8,10-15H,1-2H3;;;;/q4*-2;;;;. The van der Waals surface area contributed by atoms with Crippen molar-refractivity contribution in [3.8, 4) is 33.4 Å². The molecule has 0 spiro atoms. The minimum atomic E-state index is -3.44. The Labute approximate surface area is 723 Å². The van der Waals surface area contributed by atoms with Gasteiger partial charge in [0.25, 0.3) is 0 Å². The molecule has 7 aliphatic heterocycles. The maximum Gasteiger partial charge on any atom is 0 e. The number of para-hydroxylation sites is 4. The molecule has 0 fully saturated rings. The molecule has 0 aliphatic carbocycles. The van der Waals surface area contributed by atoms with Gasteiger partial charge in [-0.2, -0.15) is 74.0 Å². The molecule has 1 aromatic heterocycles. The fourth-order valence-corrected chi connectivity index (χ4v) is 23.8. The van der Waals surface area contributed by atoms with Crippen molar-refractivity contribution in [2.24, 2.45) is 0 Å². The maximum atomic E-state index is 12.9. The van der Waals surface area contributed by atoms with E-state index in [-0.39, 0.29) is 80.4 Å². The van der Waals surface area contributed by atoms with Crippen molar-refractivity contribution in [1.82, 2.24) is 19.6 Å². The summed E-state index contributed by atoms with van der Waals surface area (Å²) in [5, 5.41) is 2.80. The van der Waals surface area contributed by atoms with Crippen molar-refractivity contribution in [2.75, 3.05) is 47.8 Å². The molecule has 2 atom stereocenters. The van der Waals surface area contributed by atoms with Gasteiger partial charge in [0.15, 0.2) is 0 Å². The van der Waals surface area contributed by atoms with Gasteiger partial charge in [0.05, 0.1) is 30.4 Å². The quantitative estimate of drug-likeness (QED) is 0.107. The number of allylic oxidation sites excluding steroid dienone is 4. The first-order chi connectivity index (χ1) is 52.5. The van der Waals surface area contributed by atoms with Gasteiger partial charge in [-0.3, -0.25) is 0 Å². The summed E-state index contributed by atoms with van der Waals surface area (Å²) in [7, 11) is 3.71. The zero-order valence-electron chi connectivity index (χ0n) is 61.9. The van der Waals surface area contributed by atoms with Crippen LogP contribution < -0.4 is 28.5 Å². The molecular formula is C92H72Ir4N8O4S2Se2-8. The van der Waals surface area contributed by atoms with Crippen molar-refractivity contribution in [3.63, 3.8) is 0 Å². The zero-order valence-corrected chi connectivity index (χ0v) is 76.5. The first-order valence-electron chi connectivity index (χ1n) is 35.4. The molecule has 0 saturated carbocycles. The van der Waals surface area contributed by atoms with E-state index >= 15 is 0 Å². The van der Waals surface area contributed by atoms with Crippen LogP contribution in [0.3, 0.4) is 0 Å². The van der Waals surface area contributed by atoms with Gasteiger partial charge in [0.2, 0.25) is 9.84 Å². The van der Waals surface area contributed by atoms with Crippen LogP contribution in [-0.4, -0.2) is 88.8 Å². The van der Waals surface area contributed by atoms with Gasteiger partial charge in [0, 0.05) is 120 Å². The van der Waals surface area contributed by atoms with Gasteiger partial charge in [-0.1, -0.05) is 48.5 Å². The van der Waals surface area contributed by atoms with Crippen molar-refractivity contribution < 1.29 is 96.9 Å². The van der Waals surface area contributed by atoms with E-state index in [0.29, 0.717) is 24.3 Å². The molecule has 20 heteroatoms. The molecule has 4 radical (unpaired) electrons. The van der Waals surface area contributed by atoms with E-state index in [2.05, 4.69) is 235 Å². The van der Waals surface area contributed by atoms with E-state index in [9.17, 15) is 16.5 Å². The summed E-state index contributed by atoms with van der Waals surface area (Å²) >= 11 is -1.72. The second-order valence-corrected chi connectivity index (χ2v) is 35.6. The first-order valence-corrected chi connectivity index (χ1v) is 42.2. The van der Waals surface area contributed by atoms with Gasteiger partial charge in [-0.05, 0) is 81.0 Å². The number of hydrogen-bond donors (Lipinski definition) is 0. The van der Waals surface area contributed by atoms with Crippen LogP contribution in [0.4, 0.5) is 22.7 Å². The topological polar surface area (TPSA) is 94.2 Å². The SMILES string of the molecule is CC1=C(c2ccc3[se]c4ccccc4c3c2)N(C)[CH-]N1c1[c-]cccc1.CC1=C(c2ccc3c(c2)-c2ccccc2S3(=O)=O)N(C)[CH-]N1c1[c-]cccc1.CC1=C(c2ccc3c(c2)-c2ccccc2S3=O)N(C)[CH-]N1c1[c-]cccc1.CC1=C(c2ccc3c(c2)-c2ccccc2[Se]3=O)N(C)[CH-]N1c1[c-]cccc1.[Ir].[Ir].[Ir].[Ir]. The molecule has 0 amide bonds. The summed E-state index contributed by atoms with van der Waals surface area (Å²) in [5.41, 5.74) is 23.7. The summed E-state index contributed by atoms with van der Waals surface area (Å²) in [6.45, 7) is 16.8. The summed E-state index contributed by atoms with van der Waals surface area (Å²) < 4.78 is 56.2. The summed E-state index contributed by atoms with van der Waals surface area (Å²) in [5.74, 6) is 0. The van der Waals surface area contributed by atoms with Gasteiger partial charge < -0.3 is 19.6 Å². The number of sulfone groups is 1. The summed E-state index contributed by atoms with van der Waals surface area (Å²) in [4.78, 5) is 19.7. The first kappa shape index (κ1) is 81.5. The molecule has 7 aliphatic rings. The third-order valence-corrected chi connectivity index (χ3v) is 29.5. The molecule has 8 heterocycles. The van der Waals surface area contributed by atoms with Crippen molar-refractivity contribution >= 4 is 123 Å². The van der Waals surface area contributed by atoms with Crippen molar-refractivity contribution in [2.45, 2.75) is 47.3 Å². The van der Waals surface area contributed by atoms with E-state index in [1.165, 1.54) is 36.3 Å². The smallest absolute Gasteiger partial charge is 0 e. The van der Waals surface area contributed by atoms with Crippen LogP contribution in [0.15, 0.2) is 309 Å². The molecule has 2 unspecified atom stereocenters. The number of benzene rings is 12. The van der Waals surface area contributed by atoms with E-state index in [0.717, 1.165) is 126 Å². The maximum absolute atomic E-state index is 12.9. The molecule has 0 N–H and O–H groups in total. The third-order valence-electron chi connectivity index (χ3n) is 20.5. The van der Waals surface area contributed by atoms with Crippen LogP contribution >= 0.6 is 0 Å². The average Bonchev–Trinajstić information content (AvgIpc) is 1.55. The number of anilines is 4. The minimum Gasteiger partial charge on any atom is 0 e. The average molecular weight is 2340 g/mol. The van der Waals surface area contributed by atoms with Gasteiger partial charge >= 0.3 is 323 Å². The number of hydrogen-bond acceptors (Lipinski definition) is 12. The van der Waals surface area contributed by atoms with Crippen LogP contribution in [-0.2, 0) is 105 Å². The van der Waals surface area contributed by atoms with E-state index in [1.54, 1.807) is 18.2 Å². The Morgan fingerprint density at radius 1 is 0.348 bits per heavy atom. The third kappa shape index (κ3) is 14.8.